The number of rotatable bonds is 3. The van der Waals surface area contributed by atoms with Crippen molar-refractivity contribution in [2.75, 3.05) is 12.4 Å². The van der Waals surface area contributed by atoms with Crippen LogP contribution in [-0.2, 0) is 20.1 Å². The summed E-state index contributed by atoms with van der Waals surface area (Å²) < 4.78 is 1.74. The van der Waals surface area contributed by atoms with Crippen LogP contribution in [0.1, 0.15) is 21.5 Å². The van der Waals surface area contributed by atoms with Crippen LogP contribution in [0.3, 0.4) is 0 Å². The van der Waals surface area contributed by atoms with E-state index in [-0.39, 0.29) is 5.91 Å². The molecule has 4 heterocycles. The number of fused-ring (bicyclic) bond motifs is 2. The Hall–Kier alpha value is -3.58. The van der Waals surface area contributed by atoms with Crippen LogP contribution in [0.15, 0.2) is 55.1 Å². The number of hydrogen-bond acceptors (Lipinski definition) is 5. The number of carbonyl (C=O) groups is 1. The molecule has 0 radical (unpaired) electrons. The highest BCUT2D eigenvalue weighted by atomic mass is 16.1. The molecule has 0 spiro atoms. The molecule has 3 aromatic heterocycles. The summed E-state index contributed by atoms with van der Waals surface area (Å²) in [5.74, 6) is 0.360. The van der Waals surface area contributed by atoms with E-state index in [2.05, 4.69) is 32.3 Å². The van der Waals surface area contributed by atoms with Crippen molar-refractivity contribution in [2.24, 2.45) is 7.05 Å². The van der Waals surface area contributed by atoms with Crippen molar-refractivity contribution < 1.29 is 4.79 Å². The van der Waals surface area contributed by atoms with Crippen LogP contribution < -0.4 is 5.32 Å². The second kappa shape index (κ2) is 6.79. The first-order valence-corrected chi connectivity index (χ1v) is 9.42. The predicted molar refractivity (Wildman–Crippen MR) is 111 cm³/mol. The van der Waals surface area contributed by atoms with Crippen molar-refractivity contribution in [1.82, 2.24) is 24.6 Å². The maximum atomic E-state index is 12.7. The van der Waals surface area contributed by atoms with Crippen molar-refractivity contribution in [3.05, 3.63) is 71.8 Å². The number of amides is 1. The van der Waals surface area contributed by atoms with Crippen LogP contribution in [0.2, 0.25) is 0 Å². The fraction of sp³-hybridized carbons (Fsp3) is 0.182. The Bertz CT molecular complexity index is 1250. The van der Waals surface area contributed by atoms with E-state index < -0.39 is 0 Å². The summed E-state index contributed by atoms with van der Waals surface area (Å²) in [5, 5.41) is 8.98. The summed E-state index contributed by atoms with van der Waals surface area (Å²) in [5.41, 5.74) is 4.91. The molecule has 0 saturated carbocycles. The van der Waals surface area contributed by atoms with Crippen molar-refractivity contribution in [3.8, 4) is 11.3 Å². The molecule has 4 aromatic rings. The van der Waals surface area contributed by atoms with E-state index in [0.717, 1.165) is 35.1 Å². The van der Waals surface area contributed by atoms with E-state index in [9.17, 15) is 4.79 Å². The molecule has 0 aliphatic carbocycles. The molecule has 1 N–H and O–H groups in total. The molecule has 0 fully saturated rings. The molecule has 7 nitrogen and oxygen atoms in total. The van der Waals surface area contributed by atoms with Crippen LogP contribution in [0, 0.1) is 0 Å². The zero-order valence-electron chi connectivity index (χ0n) is 16.3. The number of nitrogens with one attached hydrogen (secondary N) is 1. The maximum Gasteiger partial charge on any atom is 0.256 e. The largest absolute Gasteiger partial charge is 0.307 e. The molecule has 0 bridgehead atoms. The number of aryl methyl sites for hydroxylation is 1. The van der Waals surface area contributed by atoms with Gasteiger partial charge in [-0.05, 0) is 47.8 Å². The molecule has 29 heavy (non-hydrogen) atoms. The van der Waals surface area contributed by atoms with E-state index >= 15 is 0 Å². The minimum Gasteiger partial charge on any atom is -0.307 e. The van der Waals surface area contributed by atoms with Gasteiger partial charge in [-0.3, -0.25) is 19.4 Å². The minimum absolute atomic E-state index is 0.157. The molecule has 144 valence electrons. The van der Waals surface area contributed by atoms with Gasteiger partial charge in [-0.2, -0.15) is 5.10 Å². The third-order valence-corrected chi connectivity index (χ3v) is 5.19. The fourth-order valence-electron chi connectivity index (χ4n) is 3.71. The van der Waals surface area contributed by atoms with Crippen molar-refractivity contribution in [1.29, 1.82) is 0 Å². The highest BCUT2D eigenvalue weighted by Gasteiger charge is 2.17. The first-order chi connectivity index (χ1) is 14.0. The third kappa shape index (κ3) is 3.36. The molecule has 1 aromatic carbocycles. The number of nitrogens with zero attached hydrogens (tertiary/aromatic N) is 5. The van der Waals surface area contributed by atoms with Gasteiger partial charge < -0.3 is 5.32 Å². The van der Waals surface area contributed by atoms with Gasteiger partial charge in [0.2, 0.25) is 0 Å². The third-order valence-electron chi connectivity index (χ3n) is 5.19. The molecule has 0 unspecified atom stereocenters. The van der Waals surface area contributed by atoms with Gasteiger partial charge in [-0.1, -0.05) is 6.07 Å². The van der Waals surface area contributed by atoms with Crippen LogP contribution in [0.5, 0.6) is 0 Å². The Morgan fingerprint density at radius 1 is 0.966 bits per heavy atom. The lowest BCUT2D eigenvalue weighted by Crippen LogP contribution is -2.13. The van der Waals surface area contributed by atoms with E-state index in [1.54, 1.807) is 23.3 Å². The molecular formula is C22H20N6O. The maximum absolute atomic E-state index is 12.7. The number of anilines is 1. The summed E-state index contributed by atoms with van der Waals surface area (Å²) in [6.07, 6.45) is 7.21. The van der Waals surface area contributed by atoms with Gasteiger partial charge in [0.1, 0.15) is 5.82 Å². The number of carbonyl (C=O) groups excluding carboxylic acids is 1. The Morgan fingerprint density at radius 3 is 2.62 bits per heavy atom. The lowest BCUT2D eigenvalue weighted by molar-refractivity contribution is 0.102. The lowest BCUT2D eigenvalue weighted by atomic mass is 10.1. The van der Waals surface area contributed by atoms with Crippen LogP contribution >= 0.6 is 0 Å². The zero-order chi connectivity index (χ0) is 20.0. The second-order valence-electron chi connectivity index (χ2n) is 7.50. The molecular weight excluding hydrogens is 364 g/mol. The lowest BCUT2D eigenvalue weighted by Gasteiger charge is -2.08. The van der Waals surface area contributed by atoms with E-state index in [4.69, 9.17) is 0 Å². The zero-order valence-corrected chi connectivity index (χ0v) is 16.3. The second-order valence-corrected chi connectivity index (χ2v) is 7.50. The van der Waals surface area contributed by atoms with Crippen LogP contribution in [0.25, 0.3) is 22.0 Å². The average Bonchev–Trinajstić information content (AvgIpc) is 3.31. The van der Waals surface area contributed by atoms with Gasteiger partial charge in [0, 0.05) is 55.2 Å². The molecule has 5 rings (SSSR count). The molecule has 0 saturated heterocycles. The standard InChI is InChI=1S/C22H20N6O/c1-27-11-15-4-3-14(5-17(15)12-27)22(29)26-21-7-16-6-20(19-10-25-28(2)13-19)23-8-18(16)9-24-21/h3-10,13H,11-12H2,1-2H3,(H,24,26,29). The van der Waals surface area contributed by atoms with Gasteiger partial charge >= 0.3 is 0 Å². The quantitative estimate of drug-likeness (QED) is 0.587. The van der Waals surface area contributed by atoms with Crippen molar-refractivity contribution in [3.63, 3.8) is 0 Å². The first-order valence-electron chi connectivity index (χ1n) is 9.42. The van der Waals surface area contributed by atoms with E-state index in [1.807, 2.05) is 43.6 Å². The normalized spacial score (nSPS) is 13.6. The van der Waals surface area contributed by atoms with Gasteiger partial charge in [0.15, 0.2) is 0 Å². The Balaban J connectivity index is 1.41. The first kappa shape index (κ1) is 17.5. The smallest absolute Gasteiger partial charge is 0.256 e. The molecule has 0 atom stereocenters. The topological polar surface area (TPSA) is 75.9 Å². The highest BCUT2D eigenvalue weighted by molar-refractivity contribution is 6.04. The Kier molecular flexibility index (Phi) is 4.10. The molecule has 1 aliphatic heterocycles. The number of aromatic nitrogens is 4. The highest BCUT2D eigenvalue weighted by Crippen LogP contribution is 2.24. The number of pyridine rings is 2. The summed E-state index contributed by atoms with van der Waals surface area (Å²) in [6.45, 7) is 1.80. The van der Waals surface area contributed by atoms with Crippen LogP contribution in [0.4, 0.5) is 5.82 Å². The molecule has 1 amide bonds. The molecule has 1 aliphatic rings. The van der Waals surface area contributed by atoms with Gasteiger partial charge in [0.05, 0.1) is 11.9 Å². The van der Waals surface area contributed by atoms with Crippen molar-refractivity contribution in [2.45, 2.75) is 13.1 Å². The summed E-state index contributed by atoms with van der Waals surface area (Å²) in [6, 6.07) is 9.73. The summed E-state index contributed by atoms with van der Waals surface area (Å²) >= 11 is 0. The molecule has 7 heteroatoms. The van der Waals surface area contributed by atoms with Gasteiger partial charge in [-0.25, -0.2) is 4.98 Å². The average molecular weight is 384 g/mol. The summed E-state index contributed by atoms with van der Waals surface area (Å²) in [4.78, 5) is 23.8. The van der Waals surface area contributed by atoms with Gasteiger partial charge in [-0.15, -0.1) is 0 Å². The predicted octanol–water partition coefficient (Wildman–Crippen LogP) is 3.23. The SMILES string of the molecule is CN1Cc2ccc(C(=O)Nc3cc4cc(-c5cnn(C)c5)ncc4cn3)cc2C1. The monoisotopic (exact) mass is 384 g/mol. The van der Waals surface area contributed by atoms with Gasteiger partial charge in [0.25, 0.3) is 5.91 Å². The van der Waals surface area contributed by atoms with E-state index in [1.165, 1.54) is 11.1 Å². The number of benzene rings is 1. The fourth-order valence-corrected chi connectivity index (χ4v) is 3.71. The Labute approximate surface area is 168 Å². The number of hydrogen-bond donors (Lipinski definition) is 1. The minimum atomic E-state index is -0.157. The Morgan fingerprint density at radius 2 is 1.79 bits per heavy atom. The van der Waals surface area contributed by atoms with Crippen molar-refractivity contribution >= 4 is 22.5 Å². The van der Waals surface area contributed by atoms with Crippen LogP contribution in [-0.4, -0.2) is 37.6 Å². The summed E-state index contributed by atoms with van der Waals surface area (Å²) in [7, 11) is 3.95. The van der Waals surface area contributed by atoms with E-state index in [0.29, 0.717) is 11.4 Å².